The van der Waals surface area contributed by atoms with Gasteiger partial charge in [-0.05, 0) is 64.2 Å². The number of carboxylic acid groups (broad SMARTS) is 10. The molecule has 0 bridgehead atoms. The zero-order chi connectivity index (χ0) is 68.1. The standard InChI is InChI=1S/C52H86N13O25/c53-33(5-1-3-14-55-37(66)9-7-35(50(87)88)64(21-17-60(25-40(69)70)26-41(71)72)22-18-61(27-42(73)74)28-43(75)76)48(85)57-16-11-39(68)58-34(49(86)59-52(54)12-13-52)6-2-4-15-56-38(67)10-8-36(51(89)90)65(23-19-62(29-44(77)78)30-45(79)80)24-20-63(31-46(81)82)32-47(83)84/h33-36,53H,1-32,54H2,(H,55,66)(H,56,67)(H,57,85)(H,58,68)(H,59,86)(H,69,70)(H,71,72)(H,73,74)(H,75,76)(H,77,78)(H,79,80)(H,81,82)(H,83,84)(H,87,88)(H,89,90)/p-10/t33-,34-,35?,36?/m0/s1. The van der Waals surface area contributed by atoms with Crippen LogP contribution in [0.15, 0.2) is 0 Å². The molecule has 1 rings (SSSR count). The minimum absolute atomic E-state index is 0.00627. The van der Waals surface area contributed by atoms with Crippen LogP contribution in [-0.2, 0) is 71.9 Å². The van der Waals surface area contributed by atoms with E-state index in [-0.39, 0.29) is 64.6 Å². The zero-order valence-electron chi connectivity index (χ0n) is 49.4. The molecule has 1 radical (unpaired) electrons. The fraction of sp³-hybridized carbons (Fsp3) is 0.712. The van der Waals surface area contributed by atoms with Crippen LogP contribution in [0.2, 0.25) is 0 Å². The molecule has 4 atom stereocenters. The predicted octanol–water partition coefficient (Wildman–Crippen LogP) is -19.6. The number of hydrogen-bond donors (Lipinski definition) is 6. The average molecular weight is 1280 g/mol. The summed E-state index contributed by atoms with van der Waals surface area (Å²) in [6.45, 7) is -10.8. The second kappa shape index (κ2) is 42.6. The number of nitrogens with two attached hydrogens (primary N) is 1. The van der Waals surface area contributed by atoms with Gasteiger partial charge in [0.2, 0.25) is 29.5 Å². The summed E-state index contributed by atoms with van der Waals surface area (Å²) in [5.74, 6) is -20.3. The molecule has 38 nitrogen and oxygen atoms in total. The Hall–Kier alpha value is -8.27. The van der Waals surface area contributed by atoms with Crippen LogP contribution in [0.25, 0.3) is 0 Å². The number of hydrogen-bond acceptors (Lipinski definition) is 32. The number of carbonyl (C=O) groups excluding carboxylic acids is 15. The molecule has 8 N–H and O–H groups in total. The number of carboxylic acids is 10. The van der Waals surface area contributed by atoms with Crippen LogP contribution >= 0.6 is 0 Å². The predicted molar refractivity (Wildman–Crippen MR) is 279 cm³/mol. The van der Waals surface area contributed by atoms with Crippen molar-refractivity contribution in [2.24, 2.45) is 5.73 Å². The molecule has 0 aromatic rings. The van der Waals surface area contributed by atoms with E-state index in [1.165, 1.54) is 0 Å². The van der Waals surface area contributed by atoms with Crippen LogP contribution in [0.5, 0.6) is 0 Å². The van der Waals surface area contributed by atoms with Crippen LogP contribution in [0.4, 0.5) is 0 Å². The van der Waals surface area contributed by atoms with Crippen molar-refractivity contribution < 1.29 is 123 Å². The average Bonchev–Trinajstić information content (AvgIpc) is 2.30. The Morgan fingerprint density at radius 2 is 0.711 bits per heavy atom. The maximum Gasteiger partial charge on any atom is 0.244 e. The van der Waals surface area contributed by atoms with Crippen molar-refractivity contribution in [3.05, 3.63) is 0 Å². The lowest BCUT2D eigenvalue weighted by atomic mass is 10.1. The van der Waals surface area contributed by atoms with E-state index in [9.17, 15) is 123 Å². The Balaban J connectivity index is 2.78. The molecule has 1 aliphatic carbocycles. The topological polar surface area (TPSA) is 616 Å². The number of rotatable bonds is 55. The number of nitrogens with zero attached hydrogens (tertiary/aromatic N) is 6. The highest BCUT2D eigenvalue weighted by Gasteiger charge is 2.41. The zero-order valence-corrected chi connectivity index (χ0v) is 49.4. The summed E-state index contributed by atoms with van der Waals surface area (Å²) in [5.41, 5.74) is 13.3. The molecule has 1 fully saturated rings. The largest absolute Gasteiger partial charge is 0.549 e. The lowest BCUT2D eigenvalue weighted by Crippen LogP contribution is -2.54. The van der Waals surface area contributed by atoms with Crippen LogP contribution in [0.1, 0.15) is 83.5 Å². The smallest absolute Gasteiger partial charge is 0.244 e. The van der Waals surface area contributed by atoms with Crippen molar-refractivity contribution in [2.75, 3.05) is 124 Å². The monoisotopic (exact) mass is 1280 g/mol. The summed E-state index contributed by atoms with van der Waals surface area (Å²) in [4.78, 5) is 185. The fourth-order valence-electron chi connectivity index (χ4n) is 8.94. The first kappa shape index (κ1) is 79.7. The molecule has 1 saturated carbocycles. The van der Waals surface area contributed by atoms with E-state index in [4.69, 9.17) is 11.5 Å². The van der Waals surface area contributed by atoms with Crippen LogP contribution in [-0.4, -0.2) is 273 Å². The van der Waals surface area contributed by atoms with Gasteiger partial charge in [0.1, 0.15) is 6.04 Å². The second-order valence-electron chi connectivity index (χ2n) is 21.2. The second-order valence-corrected chi connectivity index (χ2v) is 21.2. The third-order valence-electron chi connectivity index (χ3n) is 13.6. The Morgan fingerprint density at radius 3 is 1.01 bits per heavy atom. The lowest BCUT2D eigenvalue weighted by Gasteiger charge is -2.36. The summed E-state index contributed by atoms with van der Waals surface area (Å²) in [7, 11) is 0. The maximum absolute atomic E-state index is 13.2. The van der Waals surface area contributed by atoms with E-state index >= 15 is 0 Å². The first-order chi connectivity index (χ1) is 42.2. The van der Waals surface area contributed by atoms with Gasteiger partial charge in [-0.1, -0.05) is 0 Å². The van der Waals surface area contributed by atoms with E-state index in [1.54, 1.807) is 0 Å². The Bertz CT molecular complexity index is 2310. The van der Waals surface area contributed by atoms with Gasteiger partial charge in [0.25, 0.3) is 0 Å². The molecule has 0 aliphatic heterocycles. The van der Waals surface area contributed by atoms with E-state index in [2.05, 4.69) is 26.6 Å². The molecule has 90 heavy (non-hydrogen) atoms. The molecule has 509 valence electrons. The summed E-state index contributed by atoms with van der Waals surface area (Å²) < 4.78 is 0. The highest BCUT2D eigenvalue weighted by molar-refractivity contribution is 5.89. The van der Waals surface area contributed by atoms with E-state index in [0.717, 1.165) is 29.4 Å². The SMILES string of the molecule is [NH][C@@H](CCCCNC(=O)CCC(C(=O)[O-])N(CCN(CC(=O)[O-])CC(=O)[O-])CCN(CC(=O)[O-])CC(=O)[O-])C(=O)NCCC(=O)N[C@@H](CCCCNC(=O)CCC(C(=O)[O-])N(CCN(CC(=O)[O-])CC(=O)[O-])CCN(CC(=O)[O-])CC(=O)[O-])C(=O)NC1(N)CC1. The maximum atomic E-state index is 13.2. The molecule has 2 unspecified atom stereocenters. The van der Waals surface area contributed by atoms with E-state index < -0.39 is 249 Å². The number of carbonyl (C=O) groups is 15. The number of aliphatic carboxylic acids is 10. The molecule has 1 aliphatic rings. The number of nitrogens with one attached hydrogen (secondary N) is 6. The molecule has 0 saturated heterocycles. The molecular weight excluding hydrogens is 1210 g/mol. The van der Waals surface area contributed by atoms with E-state index in [1.807, 2.05) is 0 Å². The van der Waals surface area contributed by atoms with Gasteiger partial charge in [-0.15, -0.1) is 0 Å². The molecular formula is C52H76N13O25-10. The normalized spacial score (nSPS) is 13.9. The molecule has 0 heterocycles. The van der Waals surface area contributed by atoms with Crippen molar-refractivity contribution in [1.82, 2.24) is 61.7 Å². The lowest BCUT2D eigenvalue weighted by molar-refractivity contribution is -0.314. The van der Waals surface area contributed by atoms with Crippen LogP contribution in [0, 0.1) is 0 Å². The molecule has 0 spiro atoms. The summed E-state index contributed by atoms with van der Waals surface area (Å²) in [6, 6.07) is -5.71. The highest BCUT2D eigenvalue weighted by atomic mass is 16.4. The fourth-order valence-corrected chi connectivity index (χ4v) is 8.94. The Labute approximate surface area is 516 Å². The van der Waals surface area contributed by atoms with Gasteiger partial charge in [-0.25, -0.2) is 5.73 Å². The first-order valence-electron chi connectivity index (χ1n) is 28.5. The first-order valence-corrected chi connectivity index (χ1v) is 28.5. The van der Waals surface area contributed by atoms with Gasteiger partial charge < -0.3 is 131 Å². The van der Waals surface area contributed by atoms with Gasteiger partial charge in [0.15, 0.2) is 0 Å². The Morgan fingerprint density at radius 1 is 0.389 bits per heavy atom. The van der Waals surface area contributed by atoms with E-state index in [0.29, 0.717) is 12.8 Å². The molecule has 0 aromatic heterocycles. The molecule has 38 heteroatoms. The van der Waals surface area contributed by atoms with Gasteiger partial charge in [0, 0.05) is 156 Å². The number of unbranched alkanes of at least 4 members (excludes halogenated alkanes) is 2. The quantitative estimate of drug-likeness (QED) is 0.0243. The summed E-state index contributed by atoms with van der Waals surface area (Å²) in [6.07, 6.45) is -0.272. The Kier molecular flexibility index (Phi) is 37.8. The minimum Gasteiger partial charge on any atom is -0.549 e. The third-order valence-corrected chi connectivity index (χ3v) is 13.6. The minimum atomic E-state index is -1.74. The molecule has 0 aromatic carbocycles. The third kappa shape index (κ3) is 38.2. The van der Waals surface area contributed by atoms with Crippen molar-refractivity contribution in [1.29, 1.82) is 0 Å². The highest BCUT2D eigenvalue weighted by Crippen LogP contribution is 2.29. The summed E-state index contributed by atoms with van der Waals surface area (Å²) >= 11 is 0. The van der Waals surface area contributed by atoms with Gasteiger partial charge >= 0.3 is 0 Å². The number of amides is 5. The summed E-state index contributed by atoms with van der Waals surface area (Å²) in [5, 5.41) is 127. The van der Waals surface area contributed by atoms with Crippen molar-refractivity contribution >= 4 is 89.2 Å². The van der Waals surface area contributed by atoms with Crippen molar-refractivity contribution in [3.63, 3.8) is 0 Å². The van der Waals surface area contributed by atoms with Gasteiger partial charge in [-0.3, -0.25) is 53.4 Å². The van der Waals surface area contributed by atoms with Crippen LogP contribution in [0.3, 0.4) is 0 Å². The van der Waals surface area contributed by atoms with Crippen molar-refractivity contribution in [3.8, 4) is 0 Å². The molecule has 5 amide bonds. The van der Waals surface area contributed by atoms with Crippen LogP contribution < -0.4 is 89.1 Å². The van der Waals surface area contributed by atoms with Gasteiger partial charge in [0.05, 0.1) is 71.4 Å². The van der Waals surface area contributed by atoms with Crippen molar-refractivity contribution in [2.45, 2.75) is 113 Å². The van der Waals surface area contributed by atoms with Gasteiger partial charge in [-0.2, -0.15) is 0 Å².